The second-order valence-electron chi connectivity index (χ2n) is 7.70. The van der Waals surface area contributed by atoms with Gasteiger partial charge in [0.05, 0.1) is 5.75 Å². The summed E-state index contributed by atoms with van der Waals surface area (Å²) in [5, 5.41) is 0.528. The van der Waals surface area contributed by atoms with E-state index in [4.69, 9.17) is 11.6 Å². The summed E-state index contributed by atoms with van der Waals surface area (Å²) in [7, 11) is -3.29. The summed E-state index contributed by atoms with van der Waals surface area (Å²) < 4.78 is 27.1. The SMILES string of the molecule is CC1CCCN(CC2CCN(S(=O)(=O)Cc3ccccc3Cl)CC2)C1. The number of nitrogens with zero attached hydrogens (tertiary/aromatic N) is 2. The highest BCUT2D eigenvalue weighted by molar-refractivity contribution is 7.88. The second kappa shape index (κ2) is 8.38. The Bertz CT molecular complexity index is 672. The highest BCUT2D eigenvalue weighted by Gasteiger charge is 2.30. The van der Waals surface area contributed by atoms with Crippen molar-refractivity contribution < 1.29 is 8.42 Å². The molecule has 1 atom stereocenters. The van der Waals surface area contributed by atoms with E-state index in [0.29, 0.717) is 29.6 Å². The van der Waals surface area contributed by atoms with Crippen LogP contribution in [0, 0.1) is 11.8 Å². The summed E-state index contributed by atoms with van der Waals surface area (Å²) in [5.74, 6) is 1.42. The number of halogens is 1. The van der Waals surface area contributed by atoms with E-state index in [9.17, 15) is 8.42 Å². The van der Waals surface area contributed by atoms with Gasteiger partial charge in [0.1, 0.15) is 0 Å². The first-order valence-electron chi connectivity index (χ1n) is 9.37. The van der Waals surface area contributed by atoms with Crippen molar-refractivity contribution in [2.75, 3.05) is 32.7 Å². The summed E-state index contributed by atoms with van der Waals surface area (Å²) >= 11 is 6.12. The van der Waals surface area contributed by atoms with Gasteiger partial charge in [-0.3, -0.25) is 0 Å². The highest BCUT2D eigenvalue weighted by Crippen LogP contribution is 2.26. The molecule has 0 spiro atoms. The summed E-state index contributed by atoms with van der Waals surface area (Å²) in [6.07, 6.45) is 4.57. The van der Waals surface area contributed by atoms with Gasteiger partial charge >= 0.3 is 0 Å². The Morgan fingerprint density at radius 1 is 1.12 bits per heavy atom. The molecule has 6 heteroatoms. The quantitative estimate of drug-likeness (QED) is 0.778. The number of hydrogen-bond acceptors (Lipinski definition) is 3. The van der Waals surface area contributed by atoms with Crippen molar-refractivity contribution in [1.29, 1.82) is 0 Å². The lowest BCUT2D eigenvalue weighted by Crippen LogP contribution is -2.43. The zero-order chi connectivity index (χ0) is 17.9. The molecule has 2 saturated heterocycles. The normalized spacial score (nSPS) is 24.5. The zero-order valence-corrected chi connectivity index (χ0v) is 16.6. The zero-order valence-electron chi connectivity index (χ0n) is 15.0. The van der Waals surface area contributed by atoms with E-state index in [0.717, 1.165) is 25.3 Å². The van der Waals surface area contributed by atoms with Gasteiger partial charge in [0.15, 0.2) is 0 Å². The van der Waals surface area contributed by atoms with Gasteiger partial charge in [-0.25, -0.2) is 12.7 Å². The van der Waals surface area contributed by atoms with Crippen LogP contribution in [-0.2, 0) is 15.8 Å². The number of piperidine rings is 2. The molecular weight excluding hydrogens is 356 g/mol. The predicted molar refractivity (Wildman–Crippen MR) is 103 cm³/mol. The molecule has 3 rings (SSSR count). The largest absolute Gasteiger partial charge is 0.303 e. The van der Waals surface area contributed by atoms with Crippen LogP contribution in [-0.4, -0.2) is 50.3 Å². The maximum Gasteiger partial charge on any atom is 0.218 e. The topological polar surface area (TPSA) is 40.6 Å². The Kier molecular flexibility index (Phi) is 6.42. The van der Waals surface area contributed by atoms with Crippen LogP contribution >= 0.6 is 11.6 Å². The lowest BCUT2D eigenvalue weighted by Gasteiger charge is -2.37. The van der Waals surface area contributed by atoms with Crippen molar-refractivity contribution in [1.82, 2.24) is 9.21 Å². The fraction of sp³-hybridized carbons (Fsp3) is 0.684. The maximum atomic E-state index is 12.7. The molecule has 140 valence electrons. The lowest BCUT2D eigenvalue weighted by molar-refractivity contribution is 0.136. The molecule has 2 aliphatic rings. The fourth-order valence-corrected chi connectivity index (χ4v) is 5.97. The van der Waals surface area contributed by atoms with E-state index in [2.05, 4.69) is 11.8 Å². The fourth-order valence-electron chi connectivity index (χ4n) is 4.09. The summed E-state index contributed by atoms with van der Waals surface area (Å²) in [4.78, 5) is 2.58. The van der Waals surface area contributed by atoms with E-state index < -0.39 is 10.0 Å². The van der Waals surface area contributed by atoms with Crippen LogP contribution in [0.4, 0.5) is 0 Å². The van der Waals surface area contributed by atoms with Crippen molar-refractivity contribution in [2.45, 2.75) is 38.4 Å². The Hall–Kier alpha value is -0.620. The maximum absolute atomic E-state index is 12.7. The third-order valence-corrected chi connectivity index (χ3v) is 7.72. The number of benzene rings is 1. The molecule has 0 saturated carbocycles. The minimum atomic E-state index is -3.29. The van der Waals surface area contributed by atoms with E-state index in [1.165, 1.54) is 25.9 Å². The van der Waals surface area contributed by atoms with Gasteiger partial charge in [-0.15, -0.1) is 0 Å². The van der Waals surface area contributed by atoms with Crippen molar-refractivity contribution in [3.63, 3.8) is 0 Å². The molecule has 25 heavy (non-hydrogen) atoms. The second-order valence-corrected chi connectivity index (χ2v) is 10.1. The minimum absolute atomic E-state index is 0.000972. The monoisotopic (exact) mass is 384 g/mol. The Balaban J connectivity index is 1.52. The van der Waals surface area contributed by atoms with Gasteiger partial charge in [0, 0.05) is 31.2 Å². The average Bonchev–Trinajstić information content (AvgIpc) is 2.57. The first kappa shape index (κ1) is 19.2. The number of sulfonamides is 1. The van der Waals surface area contributed by atoms with Crippen molar-refractivity contribution in [3.05, 3.63) is 34.9 Å². The summed E-state index contributed by atoms with van der Waals surface area (Å²) in [6, 6.07) is 7.20. The van der Waals surface area contributed by atoms with Crippen LogP contribution in [0.25, 0.3) is 0 Å². The molecule has 0 bridgehead atoms. The van der Waals surface area contributed by atoms with Gasteiger partial charge in [-0.05, 0) is 55.7 Å². The van der Waals surface area contributed by atoms with E-state index in [1.807, 2.05) is 12.1 Å². The van der Waals surface area contributed by atoms with Gasteiger partial charge in [-0.1, -0.05) is 36.7 Å². The van der Waals surface area contributed by atoms with Crippen molar-refractivity contribution in [3.8, 4) is 0 Å². The standard InChI is InChI=1S/C19H29ClN2O2S/c1-16-5-4-10-21(13-16)14-17-8-11-22(12-9-17)25(23,24)15-18-6-2-3-7-19(18)20/h2-3,6-7,16-17H,4-5,8-15H2,1H3. The summed E-state index contributed by atoms with van der Waals surface area (Å²) in [6.45, 7) is 7.14. The molecule has 1 aromatic rings. The predicted octanol–water partition coefficient (Wildman–Crippen LogP) is 3.61. The van der Waals surface area contributed by atoms with Crippen LogP contribution < -0.4 is 0 Å². The first-order valence-corrected chi connectivity index (χ1v) is 11.4. The molecule has 0 aromatic heterocycles. The van der Waals surface area contributed by atoms with Crippen LogP contribution in [0.1, 0.15) is 38.2 Å². The number of hydrogen-bond donors (Lipinski definition) is 0. The molecule has 0 radical (unpaired) electrons. The molecule has 2 fully saturated rings. The molecule has 0 N–H and O–H groups in total. The van der Waals surface area contributed by atoms with Gasteiger partial charge in [0.2, 0.25) is 10.0 Å². The Labute approximate surface area is 157 Å². The third kappa shape index (κ3) is 5.19. The van der Waals surface area contributed by atoms with Crippen LogP contribution in [0.2, 0.25) is 5.02 Å². The number of likely N-dealkylation sites (tertiary alicyclic amines) is 1. The van der Waals surface area contributed by atoms with E-state index >= 15 is 0 Å². The molecular formula is C19H29ClN2O2S. The summed E-state index contributed by atoms with van der Waals surface area (Å²) in [5.41, 5.74) is 0.689. The smallest absolute Gasteiger partial charge is 0.218 e. The Morgan fingerprint density at radius 3 is 2.52 bits per heavy atom. The third-order valence-electron chi connectivity index (χ3n) is 5.52. The lowest BCUT2D eigenvalue weighted by atomic mass is 9.94. The van der Waals surface area contributed by atoms with E-state index in [1.54, 1.807) is 16.4 Å². The van der Waals surface area contributed by atoms with Crippen molar-refractivity contribution in [2.24, 2.45) is 11.8 Å². The molecule has 1 aromatic carbocycles. The average molecular weight is 385 g/mol. The number of rotatable bonds is 5. The van der Waals surface area contributed by atoms with Gasteiger partial charge in [-0.2, -0.15) is 0 Å². The molecule has 1 unspecified atom stereocenters. The van der Waals surface area contributed by atoms with Crippen LogP contribution in [0.15, 0.2) is 24.3 Å². The first-order chi connectivity index (χ1) is 11.9. The van der Waals surface area contributed by atoms with Crippen LogP contribution in [0.5, 0.6) is 0 Å². The van der Waals surface area contributed by atoms with Gasteiger partial charge in [0.25, 0.3) is 0 Å². The molecule has 0 amide bonds. The van der Waals surface area contributed by atoms with Crippen LogP contribution in [0.3, 0.4) is 0 Å². The van der Waals surface area contributed by atoms with Crippen molar-refractivity contribution >= 4 is 21.6 Å². The van der Waals surface area contributed by atoms with E-state index in [-0.39, 0.29) is 5.75 Å². The minimum Gasteiger partial charge on any atom is -0.303 e. The van der Waals surface area contributed by atoms with Gasteiger partial charge < -0.3 is 4.90 Å². The Morgan fingerprint density at radius 2 is 1.84 bits per heavy atom. The molecule has 2 aliphatic heterocycles. The molecule has 0 aliphatic carbocycles. The highest BCUT2D eigenvalue weighted by atomic mass is 35.5. The molecule has 2 heterocycles. The molecule has 4 nitrogen and oxygen atoms in total.